The lowest BCUT2D eigenvalue weighted by Gasteiger charge is -2.46. The Morgan fingerprint density at radius 3 is 1.86 bits per heavy atom. The Kier molecular flexibility index (Phi) is 7.76. The quantitative estimate of drug-likeness (QED) is 0.152. The molecule has 2 heterocycles. The first-order chi connectivity index (χ1) is 20.6. The van der Waals surface area contributed by atoms with Crippen LogP contribution in [0.2, 0.25) is 0 Å². The first-order valence-electron chi connectivity index (χ1n) is 14.2. The van der Waals surface area contributed by atoms with Crippen molar-refractivity contribution in [1.29, 1.82) is 0 Å². The summed E-state index contributed by atoms with van der Waals surface area (Å²) < 4.78 is 13.7. The Bertz CT molecular complexity index is 1570. The number of pyridine rings is 1. The SMILES string of the molecule is C=CC1C(c2ccnc(C)c2)=NN(C(c2ccccc2)(c2ccccc2)c2ccccc2)C1NCc1ccc(F)cc1. The largest absolute Gasteiger partial charge is 0.291 e. The maximum Gasteiger partial charge on any atom is 0.135 e. The Hall–Kier alpha value is -4.87. The highest BCUT2D eigenvalue weighted by atomic mass is 19.1. The van der Waals surface area contributed by atoms with Crippen LogP contribution in [0.15, 0.2) is 151 Å². The number of aryl methyl sites for hydroxylation is 1. The van der Waals surface area contributed by atoms with Gasteiger partial charge in [0.25, 0.3) is 0 Å². The van der Waals surface area contributed by atoms with Crippen LogP contribution >= 0.6 is 0 Å². The molecule has 1 aliphatic rings. The molecular formula is C37H33FN4. The zero-order valence-corrected chi connectivity index (χ0v) is 23.6. The zero-order chi connectivity index (χ0) is 28.9. The Labute approximate surface area is 246 Å². The second kappa shape index (κ2) is 11.9. The monoisotopic (exact) mass is 552 g/mol. The van der Waals surface area contributed by atoms with E-state index in [1.54, 1.807) is 0 Å². The molecule has 1 aliphatic heterocycles. The number of nitrogens with zero attached hydrogens (tertiary/aromatic N) is 3. The molecule has 0 amide bonds. The predicted molar refractivity (Wildman–Crippen MR) is 167 cm³/mol. The van der Waals surface area contributed by atoms with Crippen molar-refractivity contribution in [1.82, 2.24) is 15.3 Å². The fourth-order valence-electron chi connectivity index (χ4n) is 6.00. The van der Waals surface area contributed by atoms with Gasteiger partial charge in [0.05, 0.1) is 11.6 Å². The molecule has 0 radical (unpaired) electrons. The minimum absolute atomic E-state index is 0.150. The van der Waals surface area contributed by atoms with Gasteiger partial charge in [0, 0.05) is 24.0 Å². The van der Waals surface area contributed by atoms with Crippen LogP contribution in [-0.2, 0) is 12.1 Å². The van der Waals surface area contributed by atoms with Crippen LogP contribution in [0.25, 0.3) is 0 Å². The first kappa shape index (κ1) is 27.3. The lowest BCUT2D eigenvalue weighted by Crippen LogP contribution is -2.55. The van der Waals surface area contributed by atoms with Crippen LogP contribution in [-0.4, -0.2) is 21.9 Å². The van der Waals surface area contributed by atoms with Crippen LogP contribution in [0.4, 0.5) is 4.39 Å². The molecule has 5 aromatic rings. The molecular weight excluding hydrogens is 519 g/mol. The minimum atomic E-state index is -0.782. The summed E-state index contributed by atoms with van der Waals surface area (Å²) in [6.45, 7) is 6.80. The lowest BCUT2D eigenvalue weighted by atomic mass is 9.75. The van der Waals surface area contributed by atoms with Crippen LogP contribution in [0.1, 0.15) is 33.5 Å². The van der Waals surface area contributed by atoms with Crippen molar-refractivity contribution in [2.45, 2.75) is 25.2 Å². The van der Waals surface area contributed by atoms with Gasteiger partial charge < -0.3 is 0 Å². The van der Waals surface area contributed by atoms with E-state index in [-0.39, 0.29) is 17.9 Å². The van der Waals surface area contributed by atoms with Gasteiger partial charge in [-0.2, -0.15) is 5.10 Å². The molecule has 2 unspecified atom stereocenters. The van der Waals surface area contributed by atoms with Crippen molar-refractivity contribution in [2.75, 3.05) is 0 Å². The van der Waals surface area contributed by atoms with Gasteiger partial charge in [0.2, 0.25) is 0 Å². The average molecular weight is 553 g/mol. The molecule has 6 rings (SSSR count). The molecule has 0 saturated heterocycles. The van der Waals surface area contributed by atoms with Crippen LogP contribution < -0.4 is 5.32 Å². The Morgan fingerprint density at radius 1 is 0.810 bits per heavy atom. The summed E-state index contributed by atoms with van der Waals surface area (Å²) in [5.74, 6) is -0.400. The third-order valence-electron chi connectivity index (χ3n) is 7.93. The van der Waals surface area contributed by atoms with Crippen molar-refractivity contribution >= 4 is 5.71 Å². The number of nitrogens with one attached hydrogen (secondary N) is 1. The summed E-state index contributed by atoms with van der Waals surface area (Å²) in [6, 6.07) is 42.3. The molecule has 1 N–H and O–H groups in total. The van der Waals surface area contributed by atoms with Crippen LogP contribution in [0.5, 0.6) is 0 Å². The molecule has 208 valence electrons. The fraction of sp³-hybridized carbons (Fsp3) is 0.135. The van der Waals surface area contributed by atoms with Crippen LogP contribution in [0, 0.1) is 18.7 Å². The van der Waals surface area contributed by atoms with Gasteiger partial charge in [-0.05, 0) is 53.4 Å². The molecule has 0 spiro atoms. The average Bonchev–Trinajstić information content (AvgIpc) is 3.41. The van der Waals surface area contributed by atoms with Gasteiger partial charge in [-0.1, -0.05) is 109 Å². The standard InChI is InChI=1S/C37H33FN4/c1-3-34-35(29-23-24-39-27(2)25-29)41-42(36(34)40-26-28-19-21-33(38)22-20-28)37(30-13-7-4-8-14-30,31-15-9-5-10-16-31)32-17-11-6-12-18-32/h3-25,34,36,40H,1,26H2,2H3. The van der Waals surface area contributed by atoms with E-state index in [0.717, 1.165) is 39.2 Å². The highest BCUT2D eigenvalue weighted by Crippen LogP contribution is 2.47. The highest BCUT2D eigenvalue weighted by molar-refractivity contribution is 6.04. The van der Waals surface area contributed by atoms with Gasteiger partial charge in [-0.15, -0.1) is 6.58 Å². The van der Waals surface area contributed by atoms with Gasteiger partial charge in [-0.3, -0.25) is 15.3 Å². The zero-order valence-electron chi connectivity index (χ0n) is 23.6. The molecule has 0 bridgehead atoms. The van der Waals surface area contributed by atoms with Crippen molar-refractivity contribution < 1.29 is 4.39 Å². The molecule has 2 atom stereocenters. The number of halogens is 1. The van der Waals surface area contributed by atoms with E-state index in [0.29, 0.717) is 6.54 Å². The molecule has 1 aromatic heterocycles. The minimum Gasteiger partial charge on any atom is -0.291 e. The number of hydrogen-bond donors (Lipinski definition) is 1. The Morgan fingerprint density at radius 2 is 1.36 bits per heavy atom. The summed E-state index contributed by atoms with van der Waals surface area (Å²) in [7, 11) is 0. The smallest absolute Gasteiger partial charge is 0.135 e. The van der Waals surface area contributed by atoms with Crippen LogP contribution in [0.3, 0.4) is 0 Å². The number of hydrazone groups is 1. The maximum absolute atomic E-state index is 13.7. The van der Waals surface area contributed by atoms with Gasteiger partial charge in [0.15, 0.2) is 0 Å². The van der Waals surface area contributed by atoms with Crippen molar-refractivity contribution in [3.8, 4) is 0 Å². The number of benzene rings is 4. The summed E-state index contributed by atoms with van der Waals surface area (Å²) in [5, 5.41) is 11.5. The summed E-state index contributed by atoms with van der Waals surface area (Å²) in [4.78, 5) is 4.43. The number of rotatable bonds is 9. The predicted octanol–water partition coefficient (Wildman–Crippen LogP) is 7.46. The Balaban J connectivity index is 1.60. The van der Waals surface area contributed by atoms with Crippen molar-refractivity contribution in [3.63, 3.8) is 0 Å². The normalized spacial score (nSPS) is 16.7. The van der Waals surface area contributed by atoms with Crippen molar-refractivity contribution in [2.24, 2.45) is 11.0 Å². The second-order valence-corrected chi connectivity index (χ2v) is 10.5. The molecule has 0 fully saturated rings. The van der Waals surface area contributed by atoms with E-state index in [1.165, 1.54) is 12.1 Å². The second-order valence-electron chi connectivity index (χ2n) is 10.5. The highest BCUT2D eigenvalue weighted by Gasteiger charge is 2.50. The molecule has 5 heteroatoms. The lowest BCUT2D eigenvalue weighted by molar-refractivity contribution is 0.0870. The van der Waals surface area contributed by atoms with E-state index in [1.807, 2.05) is 55.6 Å². The van der Waals surface area contributed by atoms with Gasteiger partial charge in [-0.25, -0.2) is 4.39 Å². The molecule has 4 nitrogen and oxygen atoms in total. The molecule has 4 aromatic carbocycles. The number of aromatic nitrogens is 1. The van der Waals surface area contributed by atoms with E-state index >= 15 is 0 Å². The van der Waals surface area contributed by atoms with E-state index in [2.05, 4.69) is 101 Å². The maximum atomic E-state index is 13.7. The molecule has 42 heavy (non-hydrogen) atoms. The third kappa shape index (κ3) is 5.04. The third-order valence-corrected chi connectivity index (χ3v) is 7.93. The first-order valence-corrected chi connectivity index (χ1v) is 14.2. The summed E-state index contributed by atoms with van der Waals surface area (Å²) in [6.07, 6.45) is 3.52. The molecule has 0 saturated carbocycles. The fourth-order valence-corrected chi connectivity index (χ4v) is 6.00. The van der Waals surface area contributed by atoms with Crippen molar-refractivity contribution in [3.05, 3.63) is 186 Å². The number of hydrogen-bond acceptors (Lipinski definition) is 4. The van der Waals surface area contributed by atoms with E-state index in [9.17, 15) is 4.39 Å². The van der Waals surface area contributed by atoms with Gasteiger partial charge in [0.1, 0.15) is 17.5 Å². The topological polar surface area (TPSA) is 40.5 Å². The summed E-state index contributed by atoms with van der Waals surface area (Å²) >= 11 is 0. The van der Waals surface area contributed by atoms with Gasteiger partial charge >= 0.3 is 0 Å². The molecule has 0 aliphatic carbocycles. The summed E-state index contributed by atoms with van der Waals surface area (Å²) in [5.41, 5.74) is 6.32. The van der Waals surface area contributed by atoms with E-state index < -0.39 is 5.54 Å². The van der Waals surface area contributed by atoms with E-state index in [4.69, 9.17) is 5.10 Å².